The lowest BCUT2D eigenvalue weighted by Gasteiger charge is -2.09. The number of nitrogens with one attached hydrogen (secondary N) is 2. The van der Waals surface area contributed by atoms with E-state index in [2.05, 4.69) is 20.3 Å². The van der Waals surface area contributed by atoms with Gasteiger partial charge >= 0.3 is 0 Å². The normalized spacial score (nSPS) is 11.0. The minimum absolute atomic E-state index is 0.0460. The summed E-state index contributed by atoms with van der Waals surface area (Å²) in [5.74, 6) is -1.07. The third-order valence-corrected chi connectivity index (χ3v) is 4.83. The molecule has 4 rings (SSSR count). The third kappa shape index (κ3) is 2.72. The summed E-state index contributed by atoms with van der Waals surface area (Å²) in [7, 11) is 1.40. The number of fused-ring (bicyclic) bond motifs is 3. The van der Waals surface area contributed by atoms with Gasteiger partial charge in [0.1, 0.15) is 23.8 Å². The number of hydrogen-bond donors (Lipinski definition) is 2. The lowest BCUT2D eigenvalue weighted by molar-refractivity contribution is 0.401. The van der Waals surface area contributed by atoms with Gasteiger partial charge in [-0.3, -0.25) is 5.41 Å². The monoisotopic (exact) mass is 371 g/mol. The van der Waals surface area contributed by atoms with Gasteiger partial charge in [-0.2, -0.15) is 0 Å². The Hall–Kier alpha value is -3.20. The Bertz CT molecular complexity index is 1160. The minimum atomic E-state index is -0.727. The molecule has 9 heteroatoms. The molecule has 0 bridgehead atoms. The van der Waals surface area contributed by atoms with Gasteiger partial charge in [-0.15, -0.1) is 11.3 Å². The number of benzene rings is 2. The maximum atomic E-state index is 14.0. The highest BCUT2D eigenvalue weighted by Gasteiger charge is 2.16. The number of aromatic nitrogens is 3. The summed E-state index contributed by atoms with van der Waals surface area (Å²) in [6, 6.07) is 6.82. The van der Waals surface area contributed by atoms with Crippen molar-refractivity contribution in [3.63, 3.8) is 0 Å². The molecular weight excluding hydrogens is 360 g/mol. The average molecular weight is 371 g/mol. The molecule has 0 aliphatic heterocycles. The van der Waals surface area contributed by atoms with Crippen LogP contribution in [0.4, 0.5) is 20.3 Å². The van der Waals surface area contributed by atoms with Crippen molar-refractivity contribution < 1.29 is 13.5 Å². The molecular formula is C17H11F2N5OS. The number of thiazole rings is 1. The van der Waals surface area contributed by atoms with Crippen LogP contribution in [0.2, 0.25) is 0 Å². The van der Waals surface area contributed by atoms with Gasteiger partial charge in [0.05, 0.1) is 33.9 Å². The van der Waals surface area contributed by atoms with Crippen LogP contribution in [0.5, 0.6) is 0 Å². The van der Waals surface area contributed by atoms with Crippen LogP contribution in [-0.2, 0) is 4.74 Å². The molecule has 0 aliphatic rings. The Kier molecular flexibility index (Phi) is 3.92. The second-order valence-corrected chi connectivity index (χ2v) is 6.33. The van der Waals surface area contributed by atoms with Crippen molar-refractivity contribution in [3.8, 4) is 0 Å². The largest absolute Gasteiger partial charge is 0.479 e. The highest BCUT2D eigenvalue weighted by Crippen LogP contribution is 2.34. The van der Waals surface area contributed by atoms with Gasteiger partial charge < -0.3 is 10.1 Å². The number of anilines is 2. The topological polar surface area (TPSA) is 83.8 Å². The zero-order chi connectivity index (χ0) is 18.3. The van der Waals surface area contributed by atoms with E-state index in [0.717, 1.165) is 16.8 Å². The molecule has 0 atom stereocenters. The van der Waals surface area contributed by atoms with E-state index in [1.165, 1.54) is 30.8 Å². The fourth-order valence-corrected chi connectivity index (χ4v) is 3.56. The van der Waals surface area contributed by atoms with E-state index in [-0.39, 0.29) is 11.6 Å². The standard InChI is InChI=1S/C17H11F2N5OS/c1-25-15(20)17-24-12-5-4-11-13(14(12)26-17)16(22-7-21-11)23-10-3-2-8(18)6-9(10)19/h2-7,20H,1H3,(H,21,22,23). The molecule has 0 saturated carbocycles. The summed E-state index contributed by atoms with van der Waals surface area (Å²) in [5.41, 5.74) is 1.38. The average Bonchev–Trinajstić information content (AvgIpc) is 3.08. The first-order chi connectivity index (χ1) is 12.6. The molecule has 0 unspecified atom stereocenters. The second-order valence-electron chi connectivity index (χ2n) is 5.33. The molecule has 2 aromatic carbocycles. The smallest absolute Gasteiger partial charge is 0.242 e. The summed E-state index contributed by atoms with van der Waals surface area (Å²) in [6.07, 6.45) is 1.36. The Morgan fingerprint density at radius 3 is 2.73 bits per heavy atom. The molecule has 6 nitrogen and oxygen atoms in total. The number of ether oxygens (including phenoxy) is 1. The highest BCUT2D eigenvalue weighted by atomic mass is 32.1. The van der Waals surface area contributed by atoms with E-state index in [0.29, 0.717) is 27.2 Å². The maximum absolute atomic E-state index is 14.0. The number of halogens is 2. The first-order valence-corrected chi connectivity index (χ1v) is 8.27. The molecule has 0 aliphatic carbocycles. The summed E-state index contributed by atoms with van der Waals surface area (Å²) < 4.78 is 32.8. The maximum Gasteiger partial charge on any atom is 0.242 e. The predicted octanol–water partition coefficient (Wildman–Crippen LogP) is 4.23. The van der Waals surface area contributed by atoms with Crippen molar-refractivity contribution in [2.75, 3.05) is 12.4 Å². The van der Waals surface area contributed by atoms with E-state index in [1.54, 1.807) is 12.1 Å². The van der Waals surface area contributed by atoms with Crippen LogP contribution in [0, 0.1) is 17.0 Å². The Morgan fingerprint density at radius 1 is 1.15 bits per heavy atom. The van der Waals surface area contributed by atoms with E-state index in [1.807, 2.05) is 0 Å². The molecule has 2 heterocycles. The van der Waals surface area contributed by atoms with Gasteiger partial charge in [0.25, 0.3) is 0 Å². The number of nitrogens with zero attached hydrogens (tertiary/aromatic N) is 3. The molecule has 4 aromatic rings. The van der Waals surface area contributed by atoms with E-state index >= 15 is 0 Å². The first-order valence-electron chi connectivity index (χ1n) is 7.46. The molecule has 2 aromatic heterocycles. The number of rotatable bonds is 3. The molecule has 0 fully saturated rings. The van der Waals surface area contributed by atoms with Crippen molar-refractivity contribution in [1.29, 1.82) is 5.41 Å². The SMILES string of the molecule is COC(=N)c1nc2ccc3ncnc(Nc4ccc(F)cc4F)c3c2s1. The molecule has 0 amide bonds. The minimum Gasteiger partial charge on any atom is -0.479 e. The van der Waals surface area contributed by atoms with Crippen molar-refractivity contribution >= 4 is 49.9 Å². The fraction of sp³-hybridized carbons (Fsp3) is 0.0588. The van der Waals surface area contributed by atoms with Gasteiger partial charge in [-0.25, -0.2) is 23.7 Å². The van der Waals surface area contributed by atoms with E-state index in [9.17, 15) is 8.78 Å². The molecule has 0 radical (unpaired) electrons. The summed E-state index contributed by atoms with van der Waals surface area (Å²) in [4.78, 5) is 12.8. The zero-order valence-electron chi connectivity index (χ0n) is 13.4. The van der Waals surface area contributed by atoms with E-state index in [4.69, 9.17) is 10.1 Å². The Morgan fingerprint density at radius 2 is 1.96 bits per heavy atom. The molecule has 130 valence electrons. The van der Waals surface area contributed by atoms with Gasteiger partial charge in [-0.1, -0.05) is 0 Å². The van der Waals surface area contributed by atoms with Crippen LogP contribution in [0.25, 0.3) is 21.1 Å². The first kappa shape index (κ1) is 16.3. The van der Waals surface area contributed by atoms with Gasteiger partial charge in [0.2, 0.25) is 5.90 Å². The fourth-order valence-electron chi connectivity index (χ4n) is 2.53. The number of hydrogen-bond acceptors (Lipinski definition) is 7. The van der Waals surface area contributed by atoms with E-state index < -0.39 is 11.6 Å². The lowest BCUT2D eigenvalue weighted by atomic mass is 10.2. The Labute approximate surface area is 150 Å². The van der Waals surface area contributed by atoms with Crippen LogP contribution >= 0.6 is 11.3 Å². The second kappa shape index (κ2) is 6.26. The van der Waals surface area contributed by atoms with Crippen LogP contribution in [0.1, 0.15) is 5.01 Å². The van der Waals surface area contributed by atoms with Crippen molar-refractivity contribution in [2.45, 2.75) is 0 Å². The van der Waals surface area contributed by atoms with Crippen molar-refractivity contribution in [1.82, 2.24) is 15.0 Å². The highest BCUT2D eigenvalue weighted by molar-refractivity contribution is 7.21. The summed E-state index contributed by atoms with van der Waals surface area (Å²) in [5, 5.41) is 11.7. The molecule has 0 saturated heterocycles. The third-order valence-electron chi connectivity index (χ3n) is 3.74. The summed E-state index contributed by atoms with van der Waals surface area (Å²) >= 11 is 1.26. The van der Waals surface area contributed by atoms with Gasteiger partial charge in [0.15, 0.2) is 5.01 Å². The predicted molar refractivity (Wildman–Crippen MR) is 96.2 cm³/mol. The molecule has 26 heavy (non-hydrogen) atoms. The van der Waals surface area contributed by atoms with Crippen LogP contribution < -0.4 is 5.32 Å². The van der Waals surface area contributed by atoms with Gasteiger partial charge in [0, 0.05) is 6.07 Å². The molecule has 2 N–H and O–H groups in total. The van der Waals surface area contributed by atoms with Gasteiger partial charge in [-0.05, 0) is 24.3 Å². The quantitative estimate of drug-likeness (QED) is 0.416. The van der Waals surface area contributed by atoms with Crippen LogP contribution in [-0.4, -0.2) is 28.0 Å². The lowest BCUT2D eigenvalue weighted by Crippen LogP contribution is -1.99. The van der Waals surface area contributed by atoms with Crippen molar-refractivity contribution in [2.24, 2.45) is 0 Å². The Balaban J connectivity index is 1.91. The van der Waals surface area contributed by atoms with Crippen LogP contribution in [0.3, 0.4) is 0 Å². The summed E-state index contributed by atoms with van der Waals surface area (Å²) in [6.45, 7) is 0. The van der Waals surface area contributed by atoms with Crippen LogP contribution in [0.15, 0.2) is 36.7 Å². The number of methoxy groups -OCH3 is 1. The zero-order valence-corrected chi connectivity index (χ0v) is 14.2. The molecule has 0 spiro atoms. The van der Waals surface area contributed by atoms with Crippen molar-refractivity contribution in [3.05, 3.63) is 53.3 Å².